The van der Waals surface area contributed by atoms with Crippen LogP contribution in [0.2, 0.25) is 0 Å². The number of imidazole rings is 1. The largest absolute Gasteiger partial charge is 0.508 e. The molecule has 3 aromatic rings. The average molecular weight is 281 g/mol. The zero-order chi connectivity index (χ0) is 14.8. The maximum absolute atomic E-state index is 12.2. The molecule has 0 fully saturated rings. The van der Waals surface area contributed by atoms with Crippen LogP contribution in [0.1, 0.15) is 11.4 Å². The molecule has 0 saturated heterocycles. The van der Waals surface area contributed by atoms with Gasteiger partial charge in [-0.3, -0.25) is 4.79 Å². The van der Waals surface area contributed by atoms with Crippen molar-refractivity contribution >= 4 is 0 Å². The predicted octanol–water partition coefficient (Wildman–Crippen LogP) is 2.30. The molecule has 0 amide bonds. The van der Waals surface area contributed by atoms with Gasteiger partial charge in [0.05, 0.1) is 12.9 Å². The quantitative estimate of drug-likeness (QED) is 0.774. The lowest BCUT2D eigenvalue weighted by Gasteiger charge is -2.07. The van der Waals surface area contributed by atoms with Crippen molar-refractivity contribution < 1.29 is 5.11 Å². The van der Waals surface area contributed by atoms with Gasteiger partial charge in [-0.2, -0.15) is 0 Å². The average Bonchev–Trinajstić information content (AvgIpc) is 2.86. The second-order valence-electron chi connectivity index (χ2n) is 4.94. The standard InChI is InChI=1S/C16H15N3O2/c1-11-8-17-10-19(11)9-13-4-7-15(16(21)18-13)12-2-5-14(20)6-3-12/h2-8,10,20H,9H2,1H3,(H,18,21). The molecule has 0 spiro atoms. The Bertz CT molecular complexity index is 816. The summed E-state index contributed by atoms with van der Waals surface area (Å²) in [6.07, 6.45) is 3.52. The monoisotopic (exact) mass is 281 g/mol. The minimum absolute atomic E-state index is 0.143. The van der Waals surface area contributed by atoms with Crippen molar-refractivity contribution in [2.75, 3.05) is 0 Å². The molecule has 5 heteroatoms. The molecule has 2 N–H and O–H groups in total. The Morgan fingerprint density at radius 3 is 2.57 bits per heavy atom. The van der Waals surface area contributed by atoms with E-state index < -0.39 is 0 Å². The first-order chi connectivity index (χ1) is 10.1. The van der Waals surface area contributed by atoms with Crippen molar-refractivity contribution in [3.63, 3.8) is 0 Å². The number of aromatic hydroxyl groups is 1. The summed E-state index contributed by atoms with van der Waals surface area (Å²) in [7, 11) is 0. The van der Waals surface area contributed by atoms with Crippen LogP contribution in [0.5, 0.6) is 5.75 Å². The first-order valence-electron chi connectivity index (χ1n) is 6.62. The van der Waals surface area contributed by atoms with E-state index in [0.717, 1.165) is 17.0 Å². The molecule has 0 bridgehead atoms. The molecule has 0 aliphatic carbocycles. The molecule has 1 aromatic carbocycles. The van der Waals surface area contributed by atoms with E-state index in [4.69, 9.17) is 0 Å². The summed E-state index contributed by atoms with van der Waals surface area (Å²) >= 11 is 0. The van der Waals surface area contributed by atoms with Gasteiger partial charge in [0.1, 0.15) is 5.75 Å². The van der Waals surface area contributed by atoms with Crippen LogP contribution in [0.3, 0.4) is 0 Å². The highest BCUT2D eigenvalue weighted by molar-refractivity contribution is 5.63. The number of phenolic OH excluding ortho intramolecular Hbond substituents is 1. The number of rotatable bonds is 3. The molecule has 106 valence electrons. The summed E-state index contributed by atoms with van der Waals surface area (Å²) in [6.45, 7) is 2.55. The number of benzene rings is 1. The van der Waals surface area contributed by atoms with Gasteiger partial charge in [-0.15, -0.1) is 0 Å². The van der Waals surface area contributed by atoms with Gasteiger partial charge in [0.15, 0.2) is 0 Å². The molecule has 0 atom stereocenters. The van der Waals surface area contributed by atoms with E-state index in [9.17, 15) is 9.90 Å². The highest BCUT2D eigenvalue weighted by Crippen LogP contribution is 2.18. The van der Waals surface area contributed by atoms with Gasteiger partial charge in [0.25, 0.3) is 5.56 Å². The maximum atomic E-state index is 12.2. The van der Waals surface area contributed by atoms with Crippen LogP contribution in [0.4, 0.5) is 0 Å². The molecule has 2 aromatic heterocycles. The number of hydrogen-bond donors (Lipinski definition) is 2. The minimum Gasteiger partial charge on any atom is -0.508 e. The fraction of sp³-hybridized carbons (Fsp3) is 0.125. The van der Waals surface area contributed by atoms with Crippen LogP contribution in [0.25, 0.3) is 11.1 Å². The van der Waals surface area contributed by atoms with E-state index in [1.807, 2.05) is 17.6 Å². The van der Waals surface area contributed by atoms with Gasteiger partial charge in [-0.05, 0) is 36.8 Å². The van der Waals surface area contributed by atoms with Crippen molar-refractivity contribution in [3.05, 3.63) is 70.7 Å². The van der Waals surface area contributed by atoms with Crippen LogP contribution >= 0.6 is 0 Å². The second kappa shape index (κ2) is 5.28. The Kier molecular flexibility index (Phi) is 3.31. The molecule has 5 nitrogen and oxygen atoms in total. The summed E-state index contributed by atoms with van der Waals surface area (Å²) in [5.74, 6) is 0.183. The highest BCUT2D eigenvalue weighted by atomic mass is 16.3. The van der Waals surface area contributed by atoms with E-state index in [0.29, 0.717) is 12.1 Å². The first kappa shape index (κ1) is 13.2. The van der Waals surface area contributed by atoms with Gasteiger partial charge in [-0.1, -0.05) is 12.1 Å². The normalized spacial score (nSPS) is 10.7. The number of phenols is 1. The van der Waals surface area contributed by atoms with Gasteiger partial charge < -0.3 is 14.7 Å². The van der Waals surface area contributed by atoms with Gasteiger partial charge in [0.2, 0.25) is 0 Å². The van der Waals surface area contributed by atoms with Crippen LogP contribution in [-0.2, 0) is 6.54 Å². The summed E-state index contributed by atoms with van der Waals surface area (Å²) in [4.78, 5) is 19.1. The Balaban J connectivity index is 1.91. The first-order valence-corrected chi connectivity index (χ1v) is 6.62. The number of nitrogens with one attached hydrogen (secondary N) is 1. The summed E-state index contributed by atoms with van der Waals surface area (Å²) in [6, 6.07) is 10.3. The van der Waals surface area contributed by atoms with Gasteiger partial charge >= 0.3 is 0 Å². The third-order valence-electron chi connectivity index (χ3n) is 3.41. The van der Waals surface area contributed by atoms with Crippen LogP contribution in [-0.4, -0.2) is 19.6 Å². The Hall–Kier alpha value is -2.82. The highest BCUT2D eigenvalue weighted by Gasteiger charge is 2.05. The van der Waals surface area contributed by atoms with E-state index in [-0.39, 0.29) is 11.3 Å². The predicted molar refractivity (Wildman–Crippen MR) is 80.2 cm³/mol. The Morgan fingerprint density at radius 1 is 1.19 bits per heavy atom. The number of hydrogen-bond acceptors (Lipinski definition) is 3. The van der Waals surface area contributed by atoms with Crippen molar-refractivity contribution in [1.29, 1.82) is 0 Å². The molecular weight excluding hydrogens is 266 g/mol. The van der Waals surface area contributed by atoms with E-state index in [2.05, 4.69) is 9.97 Å². The van der Waals surface area contributed by atoms with E-state index in [1.54, 1.807) is 42.9 Å². The molecule has 0 saturated carbocycles. The van der Waals surface area contributed by atoms with Crippen molar-refractivity contribution in [1.82, 2.24) is 14.5 Å². The smallest absolute Gasteiger partial charge is 0.256 e. The minimum atomic E-state index is -0.143. The molecule has 0 unspecified atom stereocenters. The summed E-state index contributed by atoms with van der Waals surface area (Å²) < 4.78 is 1.96. The van der Waals surface area contributed by atoms with Crippen molar-refractivity contribution in [2.24, 2.45) is 0 Å². The maximum Gasteiger partial charge on any atom is 0.256 e. The van der Waals surface area contributed by atoms with Crippen molar-refractivity contribution in [3.8, 4) is 16.9 Å². The van der Waals surface area contributed by atoms with Crippen LogP contribution in [0.15, 0.2) is 53.7 Å². The topological polar surface area (TPSA) is 70.9 Å². The Labute approximate surface area is 121 Å². The Morgan fingerprint density at radius 2 is 1.95 bits per heavy atom. The lowest BCUT2D eigenvalue weighted by molar-refractivity contribution is 0.475. The lowest BCUT2D eigenvalue weighted by atomic mass is 10.1. The van der Waals surface area contributed by atoms with E-state index in [1.165, 1.54) is 0 Å². The summed E-state index contributed by atoms with van der Waals surface area (Å²) in [5.41, 5.74) is 3.08. The van der Waals surface area contributed by atoms with E-state index >= 15 is 0 Å². The number of aromatic nitrogens is 3. The molecular formula is C16H15N3O2. The van der Waals surface area contributed by atoms with Crippen LogP contribution in [0, 0.1) is 6.92 Å². The fourth-order valence-corrected chi connectivity index (χ4v) is 2.21. The molecule has 3 rings (SSSR count). The van der Waals surface area contributed by atoms with Crippen molar-refractivity contribution in [2.45, 2.75) is 13.5 Å². The molecule has 21 heavy (non-hydrogen) atoms. The molecule has 0 aliphatic rings. The molecule has 0 aliphatic heterocycles. The third kappa shape index (κ3) is 2.72. The van der Waals surface area contributed by atoms with Gasteiger partial charge in [-0.25, -0.2) is 4.98 Å². The van der Waals surface area contributed by atoms with Gasteiger partial charge in [0, 0.05) is 23.1 Å². The fourth-order valence-electron chi connectivity index (χ4n) is 2.21. The zero-order valence-electron chi connectivity index (χ0n) is 11.6. The number of aryl methyl sites for hydroxylation is 1. The number of aromatic amines is 1. The lowest BCUT2D eigenvalue weighted by Crippen LogP contribution is -2.13. The summed E-state index contributed by atoms with van der Waals surface area (Å²) in [5, 5.41) is 9.29. The molecule has 0 radical (unpaired) electrons. The molecule has 2 heterocycles. The zero-order valence-corrected chi connectivity index (χ0v) is 11.6. The third-order valence-corrected chi connectivity index (χ3v) is 3.41. The second-order valence-corrected chi connectivity index (χ2v) is 4.94. The number of H-pyrrole nitrogens is 1. The van der Waals surface area contributed by atoms with Crippen LogP contribution < -0.4 is 5.56 Å². The number of pyridine rings is 1. The SMILES string of the molecule is Cc1cncn1Cc1ccc(-c2ccc(O)cc2)c(=O)[nH]1. The number of nitrogens with zero attached hydrogens (tertiary/aromatic N) is 2.